The van der Waals surface area contributed by atoms with Crippen LogP contribution >= 0.6 is 0 Å². The molecule has 6 nitrogen and oxygen atoms in total. The van der Waals surface area contributed by atoms with Gasteiger partial charge in [-0.15, -0.1) is 0 Å². The van der Waals surface area contributed by atoms with E-state index in [0.717, 1.165) is 31.8 Å². The Bertz CT molecular complexity index is 500. The van der Waals surface area contributed by atoms with E-state index in [4.69, 9.17) is 4.52 Å². The van der Waals surface area contributed by atoms with Crippen LogP contribution in [0.2, 0.25) is 0 Å². The molecule has 1 aliphatic heterocycles. The van der Waals surface area contributed by atoms with Crippen LogP contribution in [-0.2, 0) is 11.2 Å². The second-order valence-electron chi connectivity index (χ2n) is 6.60. The number of amides is 1. The molecule has 1 aromatic rings. The fourth-order valence-electron chi connectivity index (χ4n) is 2.94. The summed E-state index contributed by atoms with van der Waals surface area (Å²) in [5.41, 5.74) is 0. The molecule has 0 saturated carbocycles. The highest BCUT2D eigenvalue weighted by atomic mass is 16.5. The Morgan fingerprint density at radius 2 is 2.18 bits per heavy atom. The fraction of sp³-hybridized carbons (Fsp3) is 0.812. The van der Waals surface area contributed by atoms with Crippen LogP contribution in [0.3, 0.4) is 0 Å². The number of aromatic nitrogens is 2. The summed E-state index contributed by atoms with van der Waals surface area (Å²) < 4.78 is 5.30. The van der Waals surface area contributed by atoms with E-state index >= 15 is 0 Å². The van der Waals surface area contributed by atoms with E-state index in [1.165, 1.54) is 0 Å². The quantitative estimate of drug-likeness (QED) is 0.902. The van der Waals surface area contributed by atoms with Crippen molar-refractivity contribution in [1.82, 2.24) is 20.4 Å². The normalized spacial score (nSPS) is 23.8. The van der Waals surface area contributed by atoms with Crippen LogP contribution in [0.15, 0.2) is 4.52 Å². The van der Waals surface area contributed by atoms with Crippen molar-refractivity contribution in [3.05, 3.63) is 11.7 Å². The lowest BCUT2D eigenvalue weighted by molar-refractivity contribution is -0.136. The minimum Gasteiger partial charge on any atom is -0.342 e. The number of nitrogens with one attached hydrogen (secondary N) is 1. The molecule has 0 aliphatic carbocycles. The van der Waals surface area contributed by atoms with Crippen LogP contribution in [0.5, 0.6) is 0 Å². The standard InChI is InChI=1S/C16H28N4O2/c1-6-14-18-15(22-19-14)12(5)17-13-7-8-20(9-11(13)4)16(21)10(2)3/h10-13,17H,6-9H2,1-5H3. The topological polar surface area (TPSA) is 71.3 Å². The lowest BCUT2D eigenvalue weighted by atomic mass is 9.92. The van der Waals surface area contributed by atoms with Crippen LogP contribution in [0.25, 0.3) is 0 Å². The molecule has 1 aromatic heterocycles. The Morgan fingerprint density at radius 3 is 2.73 bits per heavy atom. The summed E-state index contributed by atoms with van der Waals surface area (Å²) >= 11 is 0. The van der Waals surface area contributed by atoms with Gasteiger partial charge >= 0.3 is 0 Å². The van der Waals surface area contributed by atoms with Gasteiger partial charge in [-0.05, 0) is 19.3 Å². The second kappa shape index (κ2) is 7.22. The maximum Gasteiger partial charge on any atom is 0.243 e. The van der Waals surface area contributed by atoms with Gasteiger partial charge in [0.15, 0.2) is 5.82 Å². The van der Waals surface area contributed by atoms with Crippen molar-refractivity contribution < 1.29 is 9.32 Å². The smallest absolute Gasteiger partial charge is 0.243 e. The molecule has 3 atom stereocenters. The van der Waals surface area contributed by atoms with Gasteiger partial charge < -0.3 is 14.7 Å². The van der Waals surface area contributed by atoms with E-state index in [0.29, 0.717) is 17.9 Å². The molecule has 3 unspecified atom stereocenters. The van der Waals surface area contributed by atoms with Crippen LogP contribution in [-0.4, -0.2) is 40.1 Å². The Balaban J connectivity index is 1.90. The molecular weight excluding hydrogens is 280 g/mol. The molecule has 1 amide bonds. The molecule has 22 heavy (non-hydrogen) atoms. The number of piperidine rings is 1. The van der Waals surface area contributed by atoms with Crippen LogP contribution in [0, 0.1) is 11.8 Å². The highest BCUT2D eigenvalue weighted by molar-refractivity contribution is 5.78. The molecule has 1 saturated heterocycles. The predicted molar refractivity (Wildman–Crippen MR) is 84.2 cm³/mol. The molecule has 124 valence electrons. The summed E-state index contributed by atoms with van der Waals surface area (Å²) in [7, 11) is 0. The molecule has 2 heterocycles. The molecule has 0 aromatic carbocycles. The molecule has 1 aliphatic rings. The average molecular weight is 308 g/mol. The van der Waals surface area contributed by atoms with Crippen LogP contribution in [0.4, 0.5) is 0 Å². The van der Waals surface area contributed by atoms with Gasteiger partial charge in [0, 0.05) is 31.5 Å². The zero-order valence-electron chi connectivity index (χ0n) is 14.3. The number of nitrogens with zero attached hydrogens (tertiary/aromatic N) is 3. The number of rotatable bonds is 5. The third kappa shape index (κ3) is 3.85. The fourth-order valence-corrected chi connectivity index (χ4v) is 2.94. The Hall–Kier alpha value is -1.43. The van der Waals surface area contributed by atoms with Gasteiger partial charge in [-0.3, -0.25) is 4.79 Å². The highest BCUT2D eigenvalue weighted by Crippen LogP contribution is 2.21. The number of hydrogen-bond acceptors (Lipinski definition) is 5. The van der Waals surface area contributed by atoms with Crippen molar-refractivity contribution in [2.24, 2.45) is 11.8 Å². The predicted octanol–water partition coefficient (Wildman–Crippen LogP) is 2.18. The van der Waals surface area contributed by atoms with Gasteiger partial charge in [-0.25, -0.2) is 0 Å². The molecule has 6 heteroatoms. The average Bonchev–Trinajstić information content (AvgIpc) is 2.97. The SMILES string of the molecule is CCc1noc(C(C)NC2CCN(C(=O)C(C)C)CC2C)n1. The van der Waals surface area contributed by atoms with Gasteiger partial charge in [0.2, 0.25) is 11.8 Å². The summed E-state index contributed by atoms with van der Waals surface area (Å²) in [5.74, 6) is 2.12. The summed E-state index contributed by atoms with van der Waals surface area (Å²) in [6.07, 6.45) is 1.74. The molecule has 0 spiro atoms. The maximum absolute atomic E-state index is 12.1. The van der Waals surface area contributed by atoms with Crippen molar-refractivity contribution in [1.29, 1.82) is 0 Å². The first-order chi connectivity index (χ1) is 10.4. The van der Waals surface area contributed by atoms with Crippen molar-refractivity contribution in [2.75, 3.05) is 13.1 Å². The third-order valence-electron chi connectivity index (χ3n) is 4.35. The minimum absolute atomic E-state index is 0.0348. The zero-order valence-corrected chi connectivity index (χ0v) is 14.3. The van der Waals surface area contributed by atoms with E-state index in [-0.39, 0.29) is 17.9 Å². The Kier molecular flexibility index (Phi) is 5.56. The zero-order chi connectivity index (χ0) is 16.3. The van der Waals surface area contributed by atoms with Crippen molar-refractivity contribution >= 4 is 5.91 Å². The maximum atomic E-state index is 12.1. The number of carbonyl (C=O) groups excluding carboxylic acids is 1. The largest absolute Gasteiger partial charge is 0.342 e. The number of aryl methyl sites for hydroxylation is 1. The first-order valence-corrected chi connectivity index (χ1v) is 8.29. The van der Waals surface area contributed by atoms with Crippen molar-refractivity contribution in [3.8, 4) is 0 Å². The summed E-state index contributed by atoms with van der Waals surface area (Å²) in [6, 6.07) is 0.399. The highest BCUT2D eigenvalue weighted by Gasteiger charge is 2.31. The second-order valence-corrected chi connectivity index (χ2v) is 6.60. The summed E-state index contributed by atoms with van der Waals surface area (Å²) in [6.45, 7) is 11.8. The van der Waals surface area contributed by atoms with Crippen LogP contribution in [0.1, 0.15) is 58.8 Å². The third-order valence-corrected chi connectivity index (χ3v) is 4.35. The molecular formula is C16H28N4O2. The molecule has 1 fully saturated rings. The lowest BCUT2D eigenvalue weighted by Crippen LogP contribution is -2.51. The number of carbonyl (C=O) groups is 1. The Labute approximate surface area is 132 Å². The van der Waals surface area contributed by atoms with E-state index < -0.39 is 0 Å². The van der Waals surface area contributed by atoms with Gasteiger partial charge in [-0.2, -0.15) is 4.98 Å². The van der Waals surface area contributed by atoms with E-state index in [1.807, 2.05) is 32.6 Å². The number of hydrogen-bond donors (Lipinski definition) is 1. The van der Waals surface area contributed by atoms with Gasteiger partial charge in [0.1, 0.15) is 0 Å². The van der Waals surface area contributed by atoms with E-state index in [1.54, 1.807) is 0 Å². The summed E-state index contributed by atoms with van der Waals surface area (Å²) in [5, 5.41) is 7.52. The van der Waals surface area contributed by atoms with Gasteiger partial charge in [0.05, 0.1) is 6.04 Å². The molecule has 0 radical (unpaired) electrons. The van der Waals surface area contributed by atoms with Crippen molar-refractivity contribution in [2.45, 2.75) is 59.5 Å². The Morgan fingerprint density at radius 1 is 1.45 bits per heavy atom. The van der Waals surface area contributed by atoms with Gasteiger partial charge in [-0.1, -0.05) is 32.9 Å². The minimum atomic E-state index is 0.0348. The lowest BCUT2D eigenvalue weighted by Gasteiger charge is -2.39. The monoisotopic (exact) mass is 308 g/mol. The van der Waals surface area contributed by atoms with Crippen molar-refractivity contribution in [3.63, 3.8) is 0 Å². The first kappa shape index (κ1) is 16.9. The van der Waals surface area contributed by atoms with E-state index in [2.05, 4.69) is 22.4 Å². The molecule has 2 rings (SSSR count). The van der Waals surface area contributed by atoms with E-state index in [9.17, 15) is 4.79 Å². The first-order valence-electron chi connectivity index (χ1n) is 8.29. The molecule has 0 bridgehead atoms. The molecule has 1 N–H and O–H groups in total. The number of likely N-dealkylation sites (tertiary alicyclic amines) is 1. The van der Waals surface area contributed by atoms with Gasteiger partial charge in [0.25, 0.3) is 0 Å². The summed E-state index contributed by atoms with van der Waals surface area (Å²) in [4.78, 5) is 18.5. The van der Waals surface area contributed by atoms with Crippen LogP contribution < -0.4 is 5.32 Å².